The predicted molar refractivity (Wildman–Crippen MR) is 104 cm³/mol. The van der Waals surface area contributed by atoms with Gasteiger partial charge in [0.25, 0.3) is 5.91 Å². The Hall–Kier alpha value is -3.47. The molecule has 3 aromatic carbocycles. The van der Waals surface area contributed by atoms with Crippen LogP contribution in [-0.2, 0) is 9.53 Å². The molecule has 0 aromatic heterocycles. The number of fused-ring (bicyclic) bond motifs is 1. The minimum atomic E-state index is -0.962. The lowest BCUT2D eigenvalue weighted by Crippen LogP contribution is -2.30. The Morgan fingerprint density at radius 2 is 1.48 bits per heavy atom. The maximum absolute atomic E-state index is 12.3. The van der Waals surface area contributed by atoms with E-state index in [-0.39, 0.29) is 5.78 Å². The highest BCUT2D eigenvalue weighted by atomic mass is 16.5. The summed E-state index contributed by atoms with van der Waals surface area (Å²) in [6.07, 6.45) is -0.962. The molecule has 0 heterocycles. The largest absolute Gasteiger partial charge is 0.449 e. The Labute approximate surface area is 157 Å². The van der Waals surface area contributed by atoms with Gasteiger partial charge in [-0.3, -0.25) is 9.59 Å². The number of esters is 1. The van der Waals surface area contributed by atoms with Gasteiger partial charge in [0.2, 0.25) is 0 Å². The van der Waals surface area contributed by atoms with Gasteiger partial charge in [0.05, 0.1) is 5.56 Å². The fourth-order valence-electron chi connectivity index (χ4n) is 2.63. The number of anilines is 1. The molecule has 3 rings (SSSR count). The minimum absolute atomic E-state index is 0.0504. The van der Waals surface area contributed by atoms with E-state index in [1.807, 2.05) is 30.3 Å². The second-order valence-corrected chi connectivity index (χ2v) is 6.23. The molecular weight excluding hydrogens is 342 g/mol. The molecular formula is C22H19NO4. The molecule has 5 heteroatoms. The third-order valence-electron chi connectivity index (χ3n) is 4.20. The highest BCUT2D eigenvalue weighted by Gasteiger charge is 2.19. The smallest absolute Gasteiger partial charge is 0.338 e. The third-order valence-corrected chi connectivity index (χ3v) is 4.20. The van der Waals surface area contributed by atoms with Crippen LogP contribution in [0.4, 0.5) is 5.69 Å². The number of carbonyl (C=O) groups excluding carboxylic acids is 3. The third kappa shape index (κ3) is 4.39. The average molecular weight is 361 g/mol. The molecule has 0 saturated heterocycles. The number of Topliss-reactive ketones (excluding diaryl/α,β-unsaturated/α-hetero) is 1. The SMILES string of the molecule is CC(=O)c1ccc(NC(=O)[C@@H](C)OC(=O)c2ccc3ccccc3c2)cc1. The van der Waals surface area contributed by atoms with E-state index in [4.69, 9.17) is 4.74 Å². The number of ketones is 1. The van der Waals surface area contributed by atoms with Gasteiger partial charge in [-0.1, -0.05) is 30.3 Å². The van der Waals surface area contributed by atoms with Gasteiger partial charge in [-0.15, -0.1) is 0 Å². The molecule has 3 aromatic rings. The quantitative estimate of drug-likeness (QED) is 0.545. The first kappa shape index (κ1) is 18.3. The number of nitrogens with one attached hydrogen (secondary N) is 1. The van der Waals surface area contributed by atoms with E-state index in [0.29, 0.717) is 16.8 Å². The molecule has 136 valence electrons. The topological polar surface area (TPSA) is 72.5 Å². The van der Waals surface area contributed by atoms with E-state index in [1.54, 1.807) is 36.4 Å². The number of ether oxygens (including phenoxy) is 1. The molecule has 5 nitrogen and oxygen atoms in total. The van der Waals surface area contributed by atoms with Gasteiger partial charge in [-0.2, -0.15) is 0 Å². The summed E-state index contributed by atoms with van der Waals surface area (Å²) in [5.41, 5.74) is 1.47. The highest BCUT2D eigenvalue weighted by molar-refractivity contribution is 5.99. The number of hydrogen-bond acceptors (Lipinski definition) is 4. The zero-order chi connectivity index (χ0) is 19.4. The van der Waals surface area contributed by atoms with Gasteiger partial charge in [-0.05, 0) is 61.0 Å². The Balaban J connectivity index is 1.64. The minimum Gasteiger partial charge on any atom is -0.449 e. The summed E-state index contributed by atoms with van der Waals surface area (Å²) in [6, 6.07) is 19.5. The summed E-state index contributed by atoms with van der Waals surface area (Å²) >= 11 is 0. The first-order valence-corrected chi connectivity index (χ1v) is 8.55. The zero-order valence-electron chi connectivity index (χ0n) is 15.1. The van der Waals surface area contributed by atoms with E-state index in [0.717, 1.165) is 10.8 Å². The molecule has 0 bridgehead atoms. The van der Waals surface area contributed by atoms with Crippen LogP contribution in [0.1, 0.15) is 34.6 Å². The lowest BCUT2D eigenvalue weighted by molar-refractivity contribution is -0.123. The van der Waals surface area contributed by atoms with E-state index >= 15 is 0 Å². The molecule has 0 fully saturated rings. The van der Waals surface area contributed by atoms with Crippen LogP contribution in [0.5, 0.6) is 0 Å². The van der Waals surface area contributed by atoms with E-state index in [2.05, 4.69) is 5.32 Å². The molecule has 1 atom stereocenters. The van der Waals surface area contributed by atoms with E-state index < -0.39 is 18.0 Å². The molecule has 27 heavy (non-hydrogen) atoms. The van der Waals surface area contributed by atoms with Gasteiger partial charge in [0.1, 0.15) is 0 Å². The van der Waals surface area contributed by atoms with Crippen LogP contribution in [0.2, 0.25) is 0 Å². The molecule has 0 unspecified atom stereocenters. The van der Waals surface area contributed by atoms with Crippen molar-refractivity contribution in [2.45, 2.75) is 20.0 Å². The van der Waals surface area contributed by atoms with Crippen molar-refractivity contribution in [1.29, 1.82) is 0 Å². The van der Waals surface area contributed by atoms with Gasteiger partial charge in [0.15, 0.2) is 11.9 Å². The summed E-state index contributed by atoms with van der Waals surface area (Å²) < 4.78 is 5.28. The van der Waals surface area contributed by atoms with E-state index in [9.17, 15) is 14.4 Å². The number of benzene rings is 3. The van der Waals surface area contributed by atoms with Crippen LogP contribution in [-0.4, -0.2) is 23.8 Å². The predicted octanol–water partition coefficient (Wildman–Crippen LogP) is 4.23. The summed E-state index contributed by atoms with van der Waals surface area (Å²) in [7, 11) is 0. The second-order valence-electron chi connectivity index (χ2n) is 6.23. The van der Waals surface area contributed by atoms with Gasteiger partial charge in [-0.25, -0.2) is 4.79 Å². The Kier molecular flexibility index (Phi) is 5.31. The lowest BCUT2D eigenvalue weighted by atomic mass is 10.1. The average Bonchev–Trinajstić information content (AvgIpc) is 2.67. The summed E-state index contributed by atoms with van der Waals surface area (Å²) in [4.78, 5) is 35.9. The van der Waals surface area contributed by atoms with Crippen molar-refractivity contribution < 1.29 is 19.1 Å². The van der Waals surface area contributed by atoms with Crippen molar-refractivity contribution in [1.82, 2.24) is 0 Å². The molecule has 0 saturated carbocycles. The first-order chi connectivity index (χ1) is 12.9. The van der Waals surface area contributed by atoms with Gasteiger partial charge < -0.3 is 10.1 Å². The maximum Gasteiger partial charge on any atom is 0.338 e. The maximum atomic E-state index is 12.3. The normalized spacial score (nSPS) is 11.6. The number of carbonyl (C=O) groups is 3. The van der Waals surface area contributed by atoms with Crippen LogP contribution in [0.15, 0.2) is 66.7 Å². The summed E-state index contributed by atoms with van der Waals surface area (Å²) in [6.45, 7) is 2.99. The molecule has 1 amide bonds. The standard InChI is InChI=1S/C22H19NO4/c1-14(24)16-9-11-20(12-10-16)23-21(25)15(2)27-22(26)19-8-7-17-5-3-4-6-18(17)13-19/h3-13,15H,1-2H3,(H,23,25)/t15-/m1/s1. The Bertz CT molecular complexity index is 1010. The second kappa shape index (κ2) is 7.83. The van der Waals surface area contributed by atoms with Gasteiger partial charge >= 0.3 is 5.97 Å². The number of amides is 1. The van der Waals surface area contributed by atoms with Crippen molar-refractivity contribution in [3.63, 3.8) is 0 Å². The zero-order valence-corrected chi connectivity index (χ0v) is 15.1. The highest BCUT2D eigenvalue weighted by Crippen LogP contribution is 2.17. The van der Waals surface area contributed by atoms with Crippen LogP contribution in [0, 0.1) is 0 Å². The molecule has 0 aliphatic heterocycles. The van der Waals surface area contributed by atoms with Crippen LogP contribution in [0.3, 0.4) is 0 Å². The lowest BCUT2D eigenvalue weighted by Gasteiger charge is -2.14. The number of rotatable bonds is 5. The van der Waals surface area contributed by atoms with Crippen molar-refractivity contribution in [2.24, 2.45) is 0 Å². The monoisotopic (exact) mass is 361 g/mol. The van der Waals surface area contributed by atoms with Crippen LogP contribution < -0.4 is 5.32 Å². The molecule has 0 spiro atoms. The fraction of sp³-hybridized carbons (Fsp3) is 0.136. The fourth-order valence-corrected chi connectivity index (χ4v) is 2.63. The Morgan fingerprint density at radius 3 is 2.15 bits per heavy atom. The van der Waals surface area contributed by atoms with Crippen molar-refractivity contribution >= 4 is 34.1 Å². The van der Waals surface area contributed by atoms with Crippen molar-refractivity contribution in [2.75, 3.05) is 5.32 Å². The van der Waals surface area contributed by atoms with Crippen LogP contribution in [0.25, 0.3) is 10.8 Å². The first-order valence-electron chi connectivity index (χ1n) is 8.55. The number of hydrogen-bond donors (Lipinski definition) is 1. The molecule has 1 N–H and O–H groups in total. The van der Waals surface area contributed by atoms with Crippen molar-refractivity contribution in [3.8, 4) is 0 Å². The van der Waals surface area contributed by atoms with Crippen LogP contribution >= 0.6 is 0 Å². The molecule has 0 aliphatic rings. The summed E-state index contributed by atoms with van der Waals surface area (Å²) in [5.74, 6) is -1.05. The van der Waals surface area contributed by atoms with Crippen molar-refractivity contribution in [3.05, 3.63) is 77.9 Å². The van der Waals surface area contributed by atoms with Gasteiger partial charge in [0, 0.05) is 11.3 Å². The molecule has 0 aliphatic carbocycles. The van der Waals surface area contributed by atoms with E-state index in [1.165, 1.54) is 13.8 Å². The molecule has 0 radical (unpaired) electrons. The Morgan fingerprint density at radius 1 is 0.852 bits per heavy atom. The summed E-state index contributed by atoms with van der Waals surface area (Å²) in [5, 5.41) is 4.61.